The van der Waals surface area contributed by atoms with E-state index in [1.807, 2.05) is 31.2 Å². The SMILES string of the molecule is COC(=O)c1ccc(C)c2c1[C@@H]1C=CC[C@H]1[C@H](c1ccc(Cl)cc1Cl)N2. The van der Waals surface area contributed by atoms with Crippen molar-refractivity contribution in [1.82, 2.24) is 0 Å². The Balaban J connectivity index is 1.87. The lowest BCUT2D eigenvalue weighted by Gasteiger charge is -2.39. The summed E-state index contributed by atoms with van der Waals surface area (Å²) in [5, 5.41) is 4.94. The summed E-state index contributed by atoms with van der Waals surface area (Å²) in [5.74, 6) is 0.133. The van der Waals surface area contributed by atoms with E-state index in [1.54, 1.807) is 6.07 Å². The van der Waals surface area contributed by atoms with Gasteiger partial charge in [-0.05, 0) is 54.2 Å². The molecule has 0 fully saturated rings. The third-order valence-electron chi connectivity index (χ3n) is 5.43. The summed E-state index contributed by atoms with van der Waals surface area (Å²) in [6.45, 7) is 2.05. The average Bonchev–Trinajstić information content (AvgIpc) is 3.11. The van der Waals surface area contributed by atoms with E-state index in [1.165, 1.54) is 7.11 Å². The van der Waals surface area contributed by atoms with Crippen LogP contribution in [0, 0.1) is 12.8 Å². The van der Waals surface area contributed by atoms with Crippen LogP contribution in [0.25, 0.3) is 0 Å². The smallest absolute Gasteiger partial charge is 0.338 e. The molecule has 0 saturated carbocycles. The number of carbonyl (C=O) groups excluding carboxylic acids is 1. The van der Waals surface area contributed by atoms with Crippen LogP contribution in [0.2, 0.25) is 10.0 Å². The highest BCUT2D eigenvalue weighted by Crippen LogP contribution is 2.52. The largest absolute Gasteiger partial charge is 0.465 e. The van der Waals surface area contributed by atoms with Gasteiger partial charge in [0.15, 0.2) is 0 Å². The van der Waals surface area contributed by atoms with Crippen LogP contribution >= 0.6 is 23.2 Å². The highest BCUT2D eigenvalue weighted by Gasteiger charge is 2.41. The number of carbonyl (C=O) groups is 1. The minimum atomic E-state index is -0.301. The Hall–Kier alpha value is -1.97. The van der Waals surface area contributed by atoms with Crippen LogP contribution in [0.15, 0.2) is 42.5 Å². The molecule has 2 aromatic carbocycles. The van der Waals surface area contributed by atoms with Crippen molar-refractivity contribution < 1.29 is 9.53 Å². The molecule has 0 amide bonds. The van der Waals surface area contributed by atoms with E-state index in [9.17, 15) is 4.79 Å². The molecule has 3 atom stereocenters. The van der Waals surface area contributed by atoms with E-state index >= 15 is 0 Å². The van der Waals surface area contributed by atoms with Crippen LogP contribution < -0.4 is 5.32 Å². The zero-order valence-corrected chi connectivity index (χ0v) is 16.1. The van der Waals surface area contributed by atoms with Crippen molar-refractivity contribution in [3.05, 3.63) is 74.8 Å². The number of methoxy groups -OCH3 is 1. The second-order valence-electron chi connectivity index (χ2n) is 6.85. The molecule has 5 heteroatoms. The van der Waals surface area contributed by atoms with E-state index in [-0.39, 0.29) is 23.8 Å². The third-order valence-corrected chi connectivity index (χ3v) is 5.99. The second-order valence-corrected chi connectivity index (χ2v) is 7.70. The summed E-state index contributed by atoms with van der Waals surface area (Å²) >= 11 is 12.6. The summed E-state index contributed by atoms with van der Waals surface area (Å²) in [5.41, 5.74) is 4.78. The van der Waals surface area contributed by atoms with Crippen molar-refractivity contribution in [2.75, 3.05) is 12.4 Å². The molecule has 0 aromatic heterocycles. The zero-order chi connectivity index (χ0) is 18.4. The van der Waals surface area contributed by atoms with Crippen molar-refractivity contribution in [3.8, 4) is 0 Å². The molecule has 4 rings (SSSR count). The summed E-state index contributed by atoms with van der Waals surface area (Å²) in [6, 6.07) is 9.51. The monoisotopic (exact) mass is 387 g/mol. The fourth-order valence-electron chi connectivity index (χ4n) is 4.20. The van der Waals surface area contributed by atoms with Crippen molar-refractivity contribution in [3.63, 3.8) is 0 Å². The number of aryl methyl sites for hydroxylation is 1. The van der Waals surface area contributed by atoms with Gasteiger partial charge >= 0.3 is 5.97 Å². The van der Waals surface area contributed by atoms with Gasteiger partial charge in [0.2, 0.25) is 0 Å². The molecule has 1 aliphatic heterocycles. The van der Waals surface area contributed by atoms with Crippen LogP contribution in [0.4, 0.5) is 5.69 Å². The number of benzene rings is 2. The minimum absolute atomic E-state index is 0.0545. The van der Waals surface area contributed by atoms with Gasteiger partial charge in [-0.2, -0.15) is 0 Å². The van der Waals surface area contributed by atoms with Gasteiger partial charge in [-0.3, -0.25) is 0 Å². The Morgan fingerprint density at radius 1 is 1.23 bits per heavy atom. The lowest BCUT2D eigenvalue weighted by molar-refractivity contribution is 0.0598. The molecule has 0 radical (unpaired) electrons. The van der Waals surface area contributed by atoms with E-state index in [0.29, 0.717) is 15.6 Å². The van der Waals surface area contributed by atoms with E-state index in [2.05, 4.69) is 17.5 Å². The molecule has 0 spiro atoms. The predicted molar refractivity (Wildman–Crippen MR) is 105 cm³/mol. The number of rotatable bonds is 2. The van der Waals surface area contributed by atoms with Crippen LogP contribution in [0.1, 0.15) is 45.4 Å². The molecule has 0 unspecified atom stereocenters. The number of hydrogen-bond acceptors (Lipinski definition) is 3. The molecule has 134 valence electrons. The van der Waals surface area contributed by atoms with Gasteiger partial charge in [0.05, 0.1) is 18.7 Å². The molecule has 0 saturated heterocycles. The fourth-order valence-corrected chi connectivity index (χ4v) is 4.73. The summed E-state index contributed by atoms with van der Waals surface area (Å²) < 4.78 is 5.01. The standard InChI is InChI=1S/C21H19Cl2NO2/c1-11-6-8-16(21(25)26-2)18-13-4-3-5-14(13)20(24-19(11)18)15-9-7-12(22)10-17(15)23/h3-4,6-10,13-14,20,24H,5H2,1-2H3/t13-,14-,20-/m1/s1. The minimum Gasteiger partial charge on any atom is -0.465 e. The lowest BCUT2D eigenvalue weighted by atomic mass is 9.74. The van der Waals surface area contributed by atoms with E-state index in [0.717, 1.165) is 28.8 Å². The fraction of sp³-hybridized carbons (Fsp3) is 0.286. The molecule has 1 heterocycles. The molecule has 26 heavy (non-hydrogen) atoms. The van der Waals surface area contributed by atoms with Gasteiger partial charge in [-0.25, -0.2) is 4.79 Å². The van der Waals surface area contributed by atoms with Crippen molar-refractivity contribution >= 4 is 34.9 Å². The first-order valence-electron chi connectivity index (χ1n) is 8.61. The molecule has 2 aliphatic rings. The van der Waals surface area contributed by atoms with E-state index < -0.39 is 0 Å². The maximum absolute atomic E-state index is 12.3. The van der Waals surface area contributed by atoms with Gasteiger partial charge < -0.3 is 10.1 Å². The van der Waals surface area contributed by atoms with E-state index in [4.69, 9.17) is 27.9 Å². The van der Waals surface area contributed by atoms with Gasteiger partial charge in [0, 0.05) is 21.7 Å². The van der Waals surface area contributed by atoms with Crippen LogP contribution in [-0.4, -0.2) is 13.1 Å². The van der Waals surface area contributed by atoms with Crippen LogP contribution in [0.3, 0.4) is 0 Å². The van der Waals surface area contributed by atoms with Crippen molar-refractivity contribution in [2.24, 2.45) is 5.92 Å². The first kappa shape index (κ1) is 17.4. The third kappa shape index (κ3) is 2.70. The molecular formula is C21H19Cl2NO2. The number of allylic oxidation sites excluding steroid dienone is 2. The Morgan fingerprint density at radius 3 is 2.77 bits per heavy atom. The summed E-state index contributed by atoms with van der Waals surface area (Å²) in [6.07, 6.45) is 5.31. The first-order chi connectivity index (χ1) is 12.5. The maximum atomic E-state index is 12.3. The molecule has 1 N–H and O–H groups in total. The number of fused-ring (bicyclic) bond motifs is 3. The van der Waals surface area contributed by atoms with Gasteiger partial charge in [0.1, 0.15) is 0 Å². The second kappa shape index (κ2) is 6.64. The summed E-state index contributed by atoms with van der Waals surface area (Å²) in [7, 11) is 1.42. The van der Waals surface area contributed by atoms with Gasteiger partial charge in [-0.1, -0.05) is 47.5 Å². The highest BCUT2D eigenvalue weighted by molar-refractivity contribution is 6.35. The Kier molecular flexibility index (Phi) is 4.45. The van der Waals surface area contributed by atoms with Crippen molar-refractivity contribution in [1.29, 1.82) is 0 Å². The highest BCUT2D eigenvalue weighted by atomic mass is 35.5. The Labute approximate surface area is 163 Å². The average molecular weight is 388 g/mol. The summed E-state index contributed by atoms with van der Waals surface area (Å²) in [4.78, 5) is 12.3. The quantitative estimate of drug-likeness (QED) is 0.513. The van der Waals surface area contributed by atoms with Crippen LogP contribution in [-0.2, 0) is 4.74 Å². The first-order valence-corrected chi connectivity index (χ1v) is 9.36. The van der Waals surface area contributed by atoms with Gasteiger partial charge in [-0.15, -0.1) is 0 Å². The topological polar surface area (TPSA) is 38.3 Å². The number of esters is 1. The number of anilines is 1. The molecule has 2 aromatic rings. The Bertz CT molecular complexity index is 922. The predicted octanol–water partition coefficient (Wildman–Crippen LogP) is 5.91. The van der Waals surface area contributed by atoms with Gasteiger partial charge in [0.25, 0.3) is 0 Å². The maximum Gasteiger partial charge on any atom is 0.338 e. The number of nitrogens with one attached hydrogen (secondary N) is 1. The molecule has 1 aliphatic carbocycles. The van der Waals surface area contributed by atoms with Crippen molar-refractivity contribution in [2.45, 2.75) is 25.3 Å². The Morgan fingerprint density at radius 2 is 2.04 bits per heavy atom. The number of hydrogen-bond donors (Lipinski definition) is 1. The van der Waals surface area contributed by atoms with Crippen LogP contribution in [0.5, 0.6) is 0 Å². The number of ether oxygens (including phenoxy) is 1. The molecule has 3 nitrogen and oxygen atoms in total. The number of halogens is 2. The molecular weight excluding hydrogens is 369 g/mol. The normalized spacial score (nSPS) is 23.2. The lowest BCUT2D eigenvalue weighted by Crippen LogP contribution is -2.31. The molecule has 0 bridgehead atoms. The zero-order valence-electron chi connectivity index (χ0n) is 14.6.